The third kappa shape index (κ3) is 6.22. The molecule has 0 heterocycles. The highest BCUT2D eigenvalue weighted by Gasteiger charge is 2.14. The van der Waals surface area contributed by atoms with E-state index in [0.717, 1.165) is 12.0 Å². The molecule has 0 saturated heterocycles. The minimum Gasteiger partial charge on any atom is -0.481 e. The normalized spacial score (nSPS) is 10.1. The highest BCUT2D eigenvalue weighted by atomic mass is 16.6. The number of amides is 1. The van der Waals surface area contributed by atoms with Gasteiger partial charge in [0.05, 0.1) is 0 Å². The first kappa shape index (κ1) is 16.0. The first-order chi connectivity index (χ1) is 9.63. The van der Waals surface area contributed by atoms with Gasteiger partial charge < -0.3 is 14.7 Å². The summed E-state index contributed by atoms with van der Waals surface area (Å²) in [4.78, 5) is 24.0. The maximum absolute atomic E-state index is 11.9. The Morgan fingerprint density at radius 3 is 2.50 bits per heavy atom. The first-order valence-corrected chi connectivity index (χ1v) is 6.81. The Labute approximate surface area is 119 Å². The van der Waals surface area contributed by atoms with Gasteiger partial charge in [-0.05, 0) is 18.4 Å². The summed E-state index contributed by atoms with van der Waals surface area (Å²) in [6.07, 6.45) is 0.927. The molecule has 5 heteroatoms. The second-order valence-corrected chi connectivity index (χ2v) is 4.52. The zero-order valence-corrected chi connectivity index (χ0v) is 11.7. The average Bonchev–Trinajstić information content (AvgIpc) is 2.44. The smallest absolute Gasteiger partial charge is 0.410 e. The van der Waals surface area contributed by atoms with Crippen molar-refractivity contribution in [2.75, 3.05) is 13.1 Å². The van der Waals surface area contributed by atoms with Crippen molar-refractivity contribution < 1.29 is 19.4 Å². The Kier molecular flexibility index (Phi) is 7.17. The molecule has 5 nitrogen and oxygen atoms in total. The van der Waals surface area contributed by atoms with E-state index in [-0.39, 0.29) is 19.1 Å². The number of carbonyl (C=O) groups is 2. The molecule has 1 amide bonds. The van der Waals surface area contributed by atoms with Crippen molar-refractivity contribution in [2.24, 2.45) is 0 Å². The van der Waals surface area contributed by atoms with Crippen LogP contribution in [0.15, 0.2) is 30.3 Å². The van der Waals surface area contributed by atoms with Crippen LogP contribution in [-0.2, 0) is 16.1 Å². The zero-order chi connectivity index (χ0) is 14.8. The number of nitrogens with zero attached hydrogens (tertiary/aromatic N) is 1. The average molecular weight is 279 g/mol. The van der Waals surface area contributed by atoms with Gasteiger partial charge in [-0.1, -0.05) is 37.3 Å². The largest absolute Gasteiger partial charge is 0.481 e. The summed E-state index contributed by atoms with van der Waals surface area (Å²) in [5.41, 5.74) is 0.933. The molecule has 1 aromatic carbocycles. The topological polar surface area (TPSA) is 66.8 Å². The number of hydrogen-bond donors (Lipinski definition) is 1. The molecule has 110 valence electrons. The second-order valence-electron chi connectivity index (χ2n) is 4.52. The Hall–Kier alpha value is -2.04. The monoisotopic (exact) mass is 279 g/mol. The lowest BCUT2D eigenvalue weighted by molar-refractivity contribution is -0.137. The fourth-order valence-electron chi connectivity index (χ4n) is 1.80. The molecular weight excluding hydrogens is 258 g/mol. The van der Waals surface area contributed by atoms with E-state index in [9.17, 15) is 9.59 Å². The van der Waals surface area contributed by atoms with Gasteiger partial charge in [0.25, 0.3) is 0 Å². The molecular formula is C15H21NO4. The fourth-order valence-corrected chi connectivity index (χ4v) is 1.80. The summed E-state index contributed by atoms with van der Waals surface area (Å²) in [7, 11) is 0. The van der Waals surface area contributed by atoms with Crippen molar-refractivity contribution in [1.82, 2.24) is 4.90 Å². The summed E-state index contributed by atoms with van der Waals surface area (Å²) in [5.74, 6) is -0.848. The first-order valence-electron chi connectivity index (χ1n) is 6.81. The molecule has 1 aromatic rings. The summed E-state index contributed by atoms with van der Waals surface area (Å²) < 4.78 is 5.24. The number of aliphatic carboxylic acids is 1. The van der Waals surface area contributed by atoms with Crippen molar-refractivity contribution in [1.29, 1.82) is 0 Å². The molecule has 0 fully saturated rings. The van der Waals surface area contributed by atoms with Crippen molar-refractivity contribution in [3.05, 3.63) is 35.9 Å². The summed E-state index contributed by atoms with van der Waals surface area (Å²) in [6.45, 7) is 3.19. The van der Waals surface area contributed by atoms with E-state index in [2.05, 4.69) is 0 Å². The highest BCUT2D eigenvalue weighted by Crippen LogP contribution is 2.05. The molecule has 1 rings (SSSR count). The predicted octanol–water partition coefficient (Wildman–Crippen LogP) is 2.90. The number of ether oxygens (including phenoxy) is 1. The van der Waals surface area contributed by atoms with Crippen molar-refractivity contribution in [3.8, 4) is 0 Å². The zero-order valence-electron chi connectivity index (χ0n) is 11.7. The van der Waals surface area contributed by atoms with Gasteiger partial charge in [-0.15, -0.1) is 0 Å². The number of hydrogen-bond acceptors (Lipinski definition) is 3. The van der Waals surface area contributed by atoms with Crippen molar-refractivity contribution in [3.63, 3.8) is 0 Å². The van der Waals surface area contributed by atoms with E-state index in [1.165, 1.54) is 0 Å². The summed E-state index contributed by atoms with van der Waals surface area (Å²) in [5, 5.41) is 8.61. The van der Waals surface area contributed by atoms with Gasteiger partial charge in [0.1, 0.15) is 6.61 Å². The molecule has 1 N–H and O–H groups in total. The van der Waals surface area contributed by atoms with E-state index in [0.29, 0.717) is 19.5 Å². The van der Waals surface area contributed by atoms with Gasteiger partial charge >= 0.3 is 12.1 Å². The van der Waals surface area contributed by atoms with Crippen LogP contribution in [0.5, 0.6) is 0 Å². The molecule has 0 unspecified atom stereocenters. The summed E-state index contributed by atoms with van der Waals surface area (Å²) in [6, 6.07) is 9.46. The van der Waals surface area contributed by atoms with Gasteiger partial charge in [-0.25, -0.2) is 4.79 Å². The molecule has 0 spiro atoms. The van der Waals surface area contributed by atoms with Crippen LogP contribution in [-0.4, -0.2) is 35.2 Å². The Morgan fingerprint density at radius 1 is 1.20 bits per heavy atom. The van der Waals surface area contributed by atoms with Crippen molar-refractivity contribution in [2.45, 2.75) is 32.8 Å². The van der Waals surface area contributed by atoms with Gasteiger partial charge in [0, 0.05) is 19.5 Å². The molecule has 0 aliphatic heterocycles. The van der Waals surface area contributed by atoms with Crippen LogP contribution in [0.1, 0.15) is 31.7 Å². The molecule has 0 radical (unpaired) electrons. The highest BCUT2D eigenvalue weighted by molar-refractivity contribution is 5.68. The SMILES string of the molecule is CCCN(CCCC(=O)O)C(=O)OCc1ccccc1. The van der Waals surface area contributed by atoms with Crippen LogP contribution in [0.4, 0.5) is 4.79 Å². The van der Waals surface area contributed by atoms with Gasteiger partial charge in [-0.2, -0.15) is 0 Å². The molecule has 0 saturated carbocycles. The van der Waals surface area contributed by atoms with E-state index >= 15 is 0 Å². The predicted molar refractivity (Wildman–Crippen MR) is 75.4 cm³/mol. The van der Waals surface area contributed by atoms with Crippen LogP contribution in [0, 0.1) is 0 Å². The standard InChI is InChI=1S/C15H21NO4/c1-2-10-16(11-6-9-14(17)18)15(19)20-12-13-7-4-3-5-8-13/h3-5,7-8H,2,6,9-12H2,1H3,(H,17,18). The maximum Gasteiger partial charge on any atom is 0.410 e. The molecule has 20 heavy (non-hydrogen) atoms. The minimum atomic E-state index is -0.848. The lowest BCUT2D eigenvalue weighted by Gasteiger charge is -2.21. The third-order valence-electron chi connectivity index (χ3n) is 2.78. The molecule has 0 aliphatic rings. The van der Waals surface area contributed by atoms with E-state index < -0.39 is 5.97 Å². The number of carboxylic acid groups (broad SMARTS) is 1. The number of rotatable bonds is 8. The van der Waals surface area contributed by atoms with Crippen LogP contribution < -0.4 is 0 Å². The third-order valence-corrected chi connectivity index (χ3v) is 2.78. The van der Waals surface area contributed by atoms with Crippen LogP contribution in [0.2, 0.25) is 0 Å². The lowest BCUT2D eigenvalue weighted by Crippen LogP contribution is -2.33. The fraction of sp³-hybridized carbons (Fsp3) is 0.467. The second kappa shape index (κ2) is 8.96. The number of carbonyl (C=O) groups excluding carboxylic acids is 1. The van der Waals surface area contributed by atoms with Crippen LogP contribution in [0.3, 0.4) is 0 Å². The summed E-state index contributed by atoms with van der Waals surface area (Å²) >= 11 is 0. The van der Waals surface area contributed by atoms with Gasteiger partial charge in [-0.3, -0.25) is 4.79 Å². The number of carboxylic acids is 1. The van der Waals surface area contributed by atoms with Gasteiger partial charge in [0.15, 0.2) is 0 Å². The molecule has 0 aliphatic carbocycles. The van der Waals surface area contributed by atoms with E-state index in [4.69, 9.17) is 9.84 Å². The van der Waals surface area contributed by atoms with Gasteiger partial charge in [0.2, 0.25) is 0 Å². The minimum absolute atomic E-state index is 0.0617. The van der Waals surface area contributed by atoms with Crippen molar-refractivity contribution >= 4 is 12.1 Å². The van der Waals surface area contributed by atoms with E-state index in [1.807, 2.05) is 37.3 Å². The van der Waals surface area contributed by atoms with Crippen LogP contribution >= 0.6 is 0 Å². The molecule has 0 aromatic heterocycles. The quantitative estimate of drug-likeness (QED) is 0.794. The lowest BCUT2D eigenvalue weighted by atomic mass is 10.2. The number of benzene rings is 1. The van der Waals surface area contributed by atoms with Crippen LogP contribution in [0.25, 0.3) is 0 Å². The Morgan fingerprint density at radius 2 is 1.90 bits per heavy atom. The Bertz CT molecular complexity index is 419. The molecule has 0 atom stereocenters. The van der Waals surface area contributed by atoms with E-state index in [1.54, 1.807) is 4.90 Å². The Balaban J connectivity index is 2.40. The molecule has 0 bridgehead atoms. The maximum atomic E-state index is 11.9.